The highest BCUT2D eigenvalue weighted by Gasteiger charge is 2.17. The first-order valence-corrected chi connectivity index (χ1v) is 6.70. The highest BCUT2D eigenvalue weighted by Crippen LogP contribution is 2.32. The van der Waals surface area contributed by atoms with E-state index in [1.54, 1.807) is 6.07 Å². The zero-order valence-electron chi connectivity index (χ0n) is 11.8. The molecular weight excluding hydrogens is 272 g/mol. The minimum Gasteiger partial charge on any atom is -0.398 e. The minimum atomic E-state index is -0.382. The van der Waals surface area contributed by atoms with Gasteiger partial charge in [0.05, 0.1) is 11.0 Å². The van der Waals surface area contributed by atoms with Crippen molar-refractivity contribution >= 4 is 16.7 Å². The molecule has 5 heteroatoms. The van der Waals surface area contributed by atoms with Crippen LogP contribution in [0.25, 0.3) is 22.4 Å². The molecule has 0 fully saturated rings. The fraction of sp³-hybridized carbons (Fsp3) is 0.188. The van der Waals surface area contributed by atoms with Crippen molar-refractivity contribution in [1.82, 2.24) is 9.55 Å². The summed E-state index contributed by atoms with van der Waals surface area (Å²) >= 11 is 0. The molecule has 0 amide bonds. The van der Waals surface area contributed by atoms with Crippen LogP contribution in [0.5, 0.6) is 0 Å². The number of nitrogens with zero attached hydrogens (tertiary/aromatic N) is 2. The van der Waals surface area contributed by atoms with Gasteiger partial charge in [0, 0.05) is 17.3 Å². The third-order valence-electron chi connectivity index (χ3n) is 3.42. The summed E-state index contributed by atoms with van der Waals surface area (Å²) in [5.74, 6) is -0.168. The van der Waals surface area contributed by atoms with Gasteiger partial charge in [-0.25, -0.2) is 13.8 Å². The number of nitrogens with two attached hydrogens (primary N) is 1. The summed E-state index contributed by atoms with van der Waals surface area (Å²) in [6.07, 6.45) is 0. The number of halogens is 2. The predicted molar refractivity (Wildman–Crippen MR) is 79.9 cm³/mol. The lowest BCUT2D eigenvalue weighted by atomic mass is 10.1. The van der Waals surface area contributed by atoms with Crippen molar-refractivity contribution in [2.24, 2.45) is 0 Å². The van der Waals surface area contributed by atoms with Gasteiger partial charge in [0.15, 0.2) is 0 Å². The number of benzene rings is 2. The Bertz CT molecular complexity index is 822. The van der Waals surface area contributed by atoms with E-state index in [2.05, 4.69) is 4.98 Å². The molecule has 1 heterocycles. The standard InChI is InChI=1S/C16H15F2N3/c1-9(2)21-15-8-11(18)4-6-14(15)20-16(21)12-7-10(17)3-5-13(12)19/h3-9H,19H2,1-2H3. The van der Waals surface area contributed by atoms with Crippen LogP contribution in [0.2, 0.25) is 0 Å². The van der Waals surface area contributed by atoms with Crippen molar-refractivity contribution in [3.8, 4) is 11.4 Å². The first-order chi connectivity index (χ1) is 9.97. The Morgan fingerprint density at radius 1 is 1.05 bits per heavy atom. The summed E-state index contributed by atoms with van der Waals surface area (Å²) in [7, 11) is 0. The second kappa shape index (κ2) is 4.84. The highest BCUT2D eigenvalue weighted by molar-refractivity contribution is 5.83. The number of imidazole rings is 1. The largest absolute Gasteiger partial charge is 0.398 e. The lowest BCUT2D eigenvalue weighted by molar-refractivity contribution is 0.611. The molecule has 3 nitrogen and oxygen atoms in total. The highest BCUT2D eigenvalue weighted by atomic mass is 19.1. The van der Waals surface area contributed by atoms with Gasteiger partial charge >= 0.3 is 0 Å². The molecule has 0 aliphatic carbocycles. The molecule has 0 saturated carbocycles. The number of hydrogen-bond donors (Lipinski definition) is 1. The van der Waals surface area contributed by atoms with E-state index in [4.69, 9.17) is 5.73 Å². The Balaban J connectivity index is 2.36. The van der Waals surface area contributed by atoms with Crippen molar-refractivity contribution in [1.29, 1.82) is 0 Å². The molecule has 0 saturated heterocycles. The maximum Gasteiger partial charge on any atom is 0.143 e. The van der Waals surface area contributed by atoms with Crippen LogP contribution in [0.3, 0.4) is 0 Å². The van der Waals surface area contributed by atoms with E-state index in [0.29, 0.717) is 28.1 Å². The van der Waals surface area contributed by atoms with Crippen LogP contribution < -0.4 is 5.73 Å². The molecule has 21 heavy (non-hydrogen) atoms. The molecule has 0 radical (unpaired) electrons. The van der Waals surface area contributed by atoms with E-state index in [9.17, 15) is 8.78 Å². The number of anilines is 1. The number of rotatable bonds is 2. The van der Waals surface area contributed by atoms with Crippen LogP contribution >= 0.6 is 0 Å². The molecule has 0 spiro atoms. The predicted octanol–water partition coefficient (Wildman–Crippen LogP) is 4.14. The molecule has 3 rings (SSSR count). The van der Waals surface area contributed by atoms with Crippen LogP contribution in [0.4, 0.5) is 14.5 Å². The van der Waals surface area contributed by atoms with Gasteiger partial charge in [-0.15, -0.1) is 0 Å². The molecule has 108 valence electrons. The van der Waals surface area contributed by atoms with Crippen molar-refractivity contribution in [3.63, 3.8) is 0 Å². The lowest BCUT2D eigenvalue weighted by Gasteiger charge is -2.14. The maximum absolute atomic E-state index is 13.5. The second-order valence-corrected chi connectivity index (χ2v) is 5.26. The number of hydrogen-bond acceptors (Lipinski definition) is 2. The van der Waals surface area contributed by atoms with Gasteiger partial charge in [-0.3, -0.25) is 0 Å². The molecule has 3 aromatic rings. The molecule has 1 aromatic heterocycles. The van der Waals surface area contributed by atoms with Gasteiger partial charge in [0.25, 0.3) is 0 Å². The van der Waals surface area contributed by atoms with Gasteiger partial charge in [-0.1, -0.05) is 0 Å². The number of aromatic nitrogens is 2. The Morgan fingerprint density at radius 3 is 2.43 bits per heavy atom. The molecule has 2 aromatic carbocycles. The molecule has 0 aliphatic heterocycles. The minimum absolute atomic E-state index is 0.0365. The Morgan fingerprint density at radius 2 is 1.71 bits per heavy atom. The Kier molecular flexibility index (Phi) is 3.12. The second-order valence-electron chi connectivity index (χ2n) is 5.26. The van der Waals surface area contributed by atoms with E-state index in [1.165, 1.54) is 30.3 Å². The summed E-state index contributed by atoms with van der Waals surface area (Å²) in [6.45, 7) is 3.93. The normalized spacial score (nSPS) is 11.5. The van der Waals surface area contributed by atoms with Gasteiger partial charge < -0.3 is 10.3 Å². The van der Waals surface area contributed by atoms with E-state index in [1.807, 2.05) is 18.4 Å². The molecule has 0 aliphatic rings. The summed E-state index contributed by atoms with van der Waals surface area (Å²) in [5, 5.41) is 0. The van der Waals surface area contributed by atoms with Crippen LogP contribution in [-0.2, 0) is 0 Å². The summed E-state index contributed by atoms with van der Waals surface area (Å²) in [6, 6.07) is 8.61. The number of nitrogen functional groups attached to an aromatic ring is 1. The fourth-order valence-corrected chi connectivity index (χ4v) is 2.50. The van der Waals surface area contributed by atoms with E-state index < -0.39 is 0 Å². The average molecular weight is 287 g/mol. The zero-order valence-corrected chi connectivity index (χ0v) is 11.8. The molecule has 2 N–H and O–H groups in total. The van der Waals surface area contributed by atoms with E-state index >= 15 is 0 Å². The van der Waals surface area contributed by atoms with Crippen LogP contribution in [-0.4, -0.2) is 9.55 Å². The summed E-state index contributed by atoms with van der Waals surface area (Å²) < 4.78 is 28.9. The fourth-order valence-electron chi connectivity index (χ4n) is 2.50. The smallest absolute Gasteiger partial charge is 0.143 e. The van der Waals surface area contributed by atoms with Crippen LogP contribution in [0, 0.1) is 11.6 Å². The maximum atomic E-state index is 13.5. The van der Waals surface area contributed by atoms with Crippen molar-refractivity contribution in [2.45, 2.75) is 19.9 Å². The van der Waals surface area contributed by atoms with Crippen LogP contribution in [0.15, 0.2) is 36.4 Å². The molecule has 0 bridgehead atoms. The lowest BCUT2D eigenvalue weighted by Crippen LogP contribution is -2.05. The average Bonchev–Trinajstić information content (AvgIpc) is 2.79. The Hall–Kier alpha value is -2.43. The first kappa shape index (κ1) is 13.5. The van der Waals surface area contributed by atoms with E-state index in [0.717, 1.165) is 0 Å². The zero-order chi connectivity index (χ0) is 15.1. The first-order valence-electron chi connectivity index (χ1n) is 6.70. The Labute approximate surface area is 121 Å². The van der Waals surface area contributed by atoms with Crippen molar-refractivity contribution < 1.29 is 8.78 Å². The van der Waals surface area contributed by atoms with E-state index in [-0.39, 0.29) is 17.7 Å². The topological polar surface area (TPSA) is 43.8 Å². The van der Waals surface area contributed by atoms with Crippen LogP contribution in [0.1, 0.15) is 19.9 Å². The van der Waals surface area contributed by atoms with Gasteiger partial charge in [0.1, 0.15) is 17.5 Å². The van der Waals surface area contributed by atoms with Crippen molar-refractivity contribution in [2.75, 3.05) is 5.73 Å². The quantitative estimate of drug-likeness (QED) is 0.720. The van der Waals surface area contributed by atoms with Gasteiger partial charge in [0.2, 0.25) is 0 Å². The van der Waals surface area contributed by atoms with Gasteiger partial charge in [-0.05, 0) is 50.2 Å². The third-order valence-corrected chi connectivity index (χ3v) is 3.42. The van der Waals surface area contributed by atoms with Gasteiger partial charge in [-0.2, -0.15) is 0 Å². The third kappa shape index (κ3) is 2.24. The van der Waals surface area contributed by atoms with Crippen molar-refractivity contribution in [3.05, 3.63) is 48.0 Å². The summed E-state index contributed by atoms with van der Waals surface area (Å²) in [5.41, 5.74) is 8.23. The monoisotopic (exact) mass is 287 g/mol. The molecule has 0 unspecified atom stereocenters. The molecule has 0 atom stereocenters. The number of fused-ring (bicyclic) bond motifs is 1. The summed E-state index contributed by atoms with van der Waals surface area (Å²) in [4.78, 5) is 4.50. The molecular formula is C16H15F2N3. The SMILES string of the molecule is CC(C)n1c(-c2cc(F)ccc2N)nc2ccc(F)cc21.